The Hall–Kier alpha value is -2.59. The van der Waals surface area contributed by atoms with Gasteiger partial charge in [0.05, 0.1) is 17.7 Å². The molecule has 0 radical (unpaired) electrons. The molecule has 188 valence electrons. The summed E-state index contributed by atoms with van der Waals surface area (Å²) in [6, 6.07) is 11.3. The molecular weight excluding hydrogens is 486 g/mol. The van der Waals surface area contributed by atoms with E-state index in [-0.39, 0.29) is 12.0 Å². The third-order valence-electron chi connectivity index (χ3n) is 6.65. The average molecular weight is 518 g/mol. The van der Waals surface area contributed by atoms with Crippen LogP contribution in [0.4, 0.5) is 5.69 Å². The molecule has 0 aliphatic carbocycles. The lowest BCUT2D eigenvalue weighted by Crippen LogP contribution is -2.37. The molecule has 1 aliphatic heterocycles. The molecule has 35 heavy (non-hydrogen) atoms. The standard InChI is InChI=1S/C25H32ClN5O3S/c1-16(4-5-17-6-8-19(34-3)9-7-17)21-11-10-20-22(35(27,33)30-21)15-31(2)24(20)25(32)29-18-12-13-28-23(26)14-18/h6-9,12-16,21,25,32H,4-5,10-11H2,1-3H3,(H,28,29)(H2,27,30,33)/t16-,21+,25?,35?/m0/s1. The first-order valence-corrected chi connectivity index (χ1v) is 13.5. The van der Waals surface area contributed by atoms with Crippen molar-refractivity contribution < 1.29 is 14.1 Å². The molecule has 0 saturated carbocycles. The number of pyridine rings is 1. The molecule has 0 spiro atoms. The predicted molar refractivity (Wildman–Crippen MR) is 138 cm³/mol. The van der Waals surface area contributed by atoms with Crippen LogP contribution in [0.15, 0.2) is 53.7 Å². The van der Waals surface area contributed by atoms with Gasteiger partial charge in [0, 0.05) is 31.2 Å². The quantitative estimate of drug-likeness (QED) is 0.256. The number of nitrogens with zero attached hydrogens (tertiary/aromatic N) is 2. The number of aliphatic hydroxyl groups is 1. The van der Waals surface area contributed by atoms with E-state index >= 15 is 0 Å². The topological polar surface area (TPSA) is 112 Å². The van der Waals surface area contributed by atoms with E-state index in [2.05, 4.69) is 34.1 Å². The van der Waals surface area contributed by atoms with Gasteiger partial charge in [-0.2, -0.15) is 0 Å². The molecule has 3 heterocycles. The van der Waals surface area contributed by atoms with E-state index < -0.39 is 16.1 Å². The summed E-state index contributed by atoms with van der Waals surface area (Å²) in [6.45, 7) is 2.14. The van der Waals surface area contributed by atoms with E-state index in [1.807, 2.05) is 12.1 Å². The second-order valence-corrected chi connectivity index (χ2v) is 11.2. The molecule has 0 saturated heterocycles. The summed E-state index contributed by atoms with van der Waals surface area (Å²) >= 11 is 5.97. The first-order valence-electron chi connectivity index (χ1n) is 11.6. The van der Waals surface area contributed by atoms with Gasteiger partial charge < -0.3 is 19.7 Å². The van der Waals surface area contributed by atoms with Gasteiger partial charge in [-0.15, -0.1) is 0 Å². The number of rotatable bonds is 8. The molecule has 4 N–H and O–H groups in total. The van der Waals surface area contributed by atoms with Gasteiger partial charge in [0.15, 0.2) is 6.23 Å². The van der Waals surface area contributed by atoms with Gasteiger partial charge in [-0.1, -0.05) is 30.7 Å². The van der Waals surface area contributed by atoms with E-state index in [9.17, 15) is 9.32 Å². The Balaban J connectivity index is 1.49. The molecule has 2 unspecified atom stereocenters. The largest absolute Gasteiger partial charge is 0.497 e. The smallest absolute Gasteiger partial charge is 0.166 e. The highest BCUT2D eigenvalue weighted by Gasteiger charge is 2.32. The van der Waals surface area contributed by atoms with Crippen LogP contribution in [0.5, 0.6) is 5.75 Å². The van der Waals surface area contributed by atoms with Crippen LogP contribution >= 0.6 is 11.6 Å². The first kappa shape index (κ1) is 25.5. The fraction of sp³-hybridized carbons (Fsp3) is 0.400. The Morgan fingerprint density at radius 3 is 2.80 bits per heavy atom. The van der Waals surface area contributed by atoms with E-state index in [0.29, 0.717) is 27.9 Å². The van der Waals surface area contributed by atoms with Crippen LogP contribution in [0.3, 0.4) is 0 Å². The Labute approximate surface area is 211 Å². The van der Waals surface area contributed by atoms with E-state index in [4.69, 9.17) is 21.1 Å². The fourth-order valence-corrected chi connectivity index (χ4v) is 6.60. The Kier molecular flexibility index (Phi) is 7.70. The summed E-state index contributed by atoms with van der Waals surface area (Å²) < 4.78 is 32.3. The number of aliphatic hydroxyl groups excluding tert-OH is 1. The van der Waals surface area contributed by atoms with Crippen LogP contribution < -0.4 is 14.8 Å². The molecule has 0 fully saturated rings. The normalized spacial score (nSPS) is 21.6. The Bertz CT molecular complexity index is 1280. The van der Waals surface area contributed by atoms with E-state index in [0.717, 1.165) is 30.6 Å². The summed E-state index contributed by atoms with van der Waals surface area (Å²) in [5, 5.41) is 14.3. The van der Waals surface area contributed by atoms with Crippen molar-refractivity contribution in [2.45, 2.75) is 49.8 Å². The third-order valence-corrected chi connectivity index (χ3v) is 8.47. The lowest BCUT2D eigenvalue weighted by Gasteiger charge is -2.24. The van der Waals surface area contributed by atoms with Gasteiger partial charge in [0.25, 0.3) is 0 Å². The number of methoxy groups -OCH3 is 1. The molecule has 1 aliphatic rings. The van der Waals surface area contributed by atoms with Crippen LogP contribution in [-0.4, -0.2) is 32.0 Å². The Morgan fingerprint density at radius 2 is 2.11 bits per heavy atom. The molecule has 8 nitrogen and oxygen atoms in total. The number of aryl methyl sites for hydroxylation is 2. The number of ether oxygens (including phenoxy) is 1. The van der Waals surface area contributed by atoms with Crippen molar-refractivity contribution in [3.63, 3.8) is 0 Å². The zero-order chi connectivity index (χ0) is 25.2. The average Bonchev–Trinajstić information content (AvgIpc) is 3.11. The second-order valence-electron chi connectivity index (χ2n) is 9.07. The zero-order valence-electron chi connectivity index (χ0n) is 20.1. The van der Waals surface area contributed by atoms with Crippen molar-refractivity contribution in [2.24, 2.45) is 13.0 Å². The summed E-state index contributed by atoms with van der Waals surface area (Å²) in [7, 11) is 0.207. The number of hydrogen-bond donors (Lipinski definition) is 4. The molecular formula is C25H32ClN5O3S. The highest BCUT2D eigenvalue weighted by molar-refractivity contribution is 7.90. The molecule has 4 rings (SSSR count). The SMILES string of the molecule is COc1ccc(CC[C@H](C)[C@H]2CCc3c(cn(C)c3C(O)Nc3ccnc(Cl)c3)S(=N)(=O)N2)cc1. The van der Waals surface area contributed by atoms with Crippen molar-refractivity contribution in [1.82, 2.24) is 14.3 Å². The van der Waals surface area contributed by atoms with Gasteiger partial charge >= 0.3 is 0 Å². The highest BCUT2D eigenvalue weighted by Crippen LogP contribution is 2.33. The molecule has 10 heteroatoms. The van der Waals surface area contributed by atoms with Gasteiger partial charge in [-0.3, -0.25) is 0 Å². The number of fused-ring (bicyclic) bond motifs is 1. The zero-order valence-corrected chi connectivity index (χ0v) is 21.7. The molecule has 0 bridgehead atoms. The number of anilines is 1. The summed E-state index contributed by atoms with van der Waals surface area (Å²) in [5.41, 5.74) is 3.19. The van der Waals surface area contributed by atoms with Gasteiger partial charge in [0.2, 0.25) is 0 Å². The van der Waals surface area contributed by atoms with Gasteiger partial charge in [-0.05, 0) is 67.0 Å². The third kappa shape index (κ3) is 5.81. The minimum Gasteiger partial charge on any atom is -0.497 e. The van der Waals surface area contributed by atoms with Crippen LogP contribution in [0.25, 0.3) is 0 Å². The van der Waals surface area contributed by atoms with Gasteiger partial charge in [-0.25, -0.2) is 18.7 Å². The molecule has 2 aromatic heterocycles. The van der Waals surface area contributed by atoms with Gasteiger partial charge in [0.1, 0.15) is 20.8 Å². The van der Waals surface area contributed by atoms with Crippen LogP contribution in [0.1, 0.15) is 42.8 Å². The summed E-state index contributed by atoms with van der Waals surface area (Å²) in [6.07, 6.45) is 5.32. The maximum absolute atomic E-state index is 13.5. The minimum atomic E-state index is -3.24. The monoisotopic (exact) mass is 517 g/mol. The maximum Gasteiger partial charge on any atom is 0.166 e. The number of nitrogens with one attached hydrogen (secondary N) is 3. The minimum absolute atomic E-state index is 0.0760. The lowest BCUT2D eigenvalue weighted by atomic mass is 9.91. The molecule has 4 atom stereocenters. The second kappa shape index (κ2) is 10.6. The number of benzene rings is 1. The number of aromatic nitrogens is 2. The summed E-state index contributed by atoms with van der Waals surface area (Å²) in [5.74, 6) is 1.05. The fourth-order valence-electron chi connectivity index (χ4n) is 4.66. The van der Waals surface area contributed by atoms with Crippen LogP contribution in [0.2, 0.25) is 5.15 Å². The van der Waals surface area contributed by atoms with Crippen molar-refractivity contribution in [3.05, 3.63) is 70.8 Å². The molecule has 3 aromatic rings. The number of hydrogen-bond acceptors (Lipinski definition) is 6. The van der Waals surface area contributed by atoms with Crippen molar-refractivity contribution in [3.8, 4) is 5.75 Å². The van der Waals surface area contributed by atoms with Crippen molar-refractivity contribution >= 4 is 27.2 Å². The van der Waals surface area contributed by atoms with E-state index in [1.54, 1.807) is 43.3 Å². The maximum atomic E-state index is 13.5. The molecule has 1 aromatic carbocycles. The highest BCUT2D eigenvalue weighted by atomic mass is 35.5. The van der Waals surface area contributed by atoms with Crippen molar-refractivity contribution in [2.75, 3.05) is 12.4 Å². The first-order chi connectivity index (χ1) is 16.7. The Morgan fingerprint density at radius 1 is 1.37 bits per heavy atom. The predicted octanol–water partition coefficient (Wildman–Crippen LogP) is 4.68. The van der Waals surface area contributed by atoms with Crippen LogP contribution in [0, 0.1) is 10.7 Å². The van der Waals surface area contributed by atoms with Crippen molar-refractivity contribution in [1.29, 1.82) is 4.78 Å². The summed E-state index contributed by atoms with van der Waals surface area (Å²) in [4.78, 5) is 4.40. The lowest BCUT2D eigenvalue weighted by molar-refractivity contribution is 0.198. The number of halogens is 1. The van der Waals surface area contributed by atoms with E-state index in [1.165, 1.54) is 5.56 Å². The van der Waals surface area contributed by atoms with Crippen LogP contribution in [-0.2, 0) is 29.8 Å². The molecule has 0 amide bonds.